The van der Waals surface area contributed by atoms with Crippen molar-refractivity contribution in [2.24, 2.45) is 16.6 Å². The van der Waals surface area contributed by atoms with Crippen LogP contribution in [0.4, 0.5) is 11.8 Å². The molecule has 26 heavy (non-hydrogen) atoms. The molecule has 0 radical (unpaired) electrons. The summed E-state index contributed by atoms with van der Waals surface area (Å²) in [7, 11) is 0. The lowest BCUT2D eigenvalue weighted by molar-refractivity contribution is -0.109. The van der Waals surface area contributed by atoms with Crippen LogP contribution in [-0.2, 0) is 0 Å². The predicted octanol–water partition coefficient (Wildman–Crippen LogP) is 1.79. The maximum atomic E-state index is 11.9. The number of anilines is 2. The van der Waals surface area contributed by atoms with Gasteiger partial charge in [-0.25, -0.2) is 4.98 Å². The molecule has 5 N–H and O–H groups in total. The number of carbonyl (C=O) groups is 1. The molecule has 6 fully saturated rings. The van der Waals surface area contributed by atoms with Crippen LogP contribution in [0.3, 0.4) is 0 Å². The van der Waals surface area contributed by atoms with E-state index < -0.39 is 11.5 Å². The van der Waals surface area contributed by atoms with E-state index in [-0.39, 0.29) is 11.1 Å². The second-order valence-electron chi connectivity index (χ2n) is 10.0. The Morgan fingerprint density at radius 1 is 1.15 bits per heavy atom. The van der Waals surface area contributed by atoms with E-state index in [0.29, 0.717) is 28.2 Å². The molecular formula is C19H25N5O2. The summed E-state index contributed by atoms with van der Waals surface area (Å²) in [6, 6.07) is 0. The number of amides is 1. The van der Waals surface area contributed by atoms with Gasteiger partial charge >= 0.3 is 0 Å². The van der Waals surface area contributed by atoms with Crippen LogP contribution in [0.1, 0.15) is 68.6 Å². The average molecular weight is 355 g/mol. The summed E-state index contributed by atoms with van der Waals surface area (Å²) in [6.45, 7) is 2.32. The molecule has 0 saturated heterocycles. The van der Waals surface area contributed by atoms with Crippen LogP contribution in [0.15, 0.2) is 6.20 Å². The van der Waals surface area contributed by atoms with Gasteiger partial charge in [-0.1, -0.05) is 6.92 Å². The highest BCUT2D eigenvalue weighted by molar-refractivity contribution is 5.97. The monoisotopic (exact) mass is 355 g/mol. The number of nitrogens with zero attached hydrogens (tertiary/aromatic N) is 2. The number of nitrogens with one attached hydrogen (secondary N) is 2. The van der Waals surface area contributed by atoms with Crippen molar-refractivity contribution in [2.45, 2.75) is 75.0 Å². The van der Waals surface area contributed by atoms with E-state index in [4.69, 9.17) is 5.73 Å². The van der Waals surface area contributed by atoms with E-state index >= 15 is 0 Å². The van der Waals surface area contributed by atoms with E-state index in [1.165, 1.54) is 25.5 Å². The third-order valence-corrected chi connectivity index (χ3v) is 8.44. The first-order chi connectivity index (χ1) is 12.2. The standard InChI is InChI=1S/C19H25N5O2/c1-15-7-16(8-15)9-19(15,16)23-13-11(12(20)25)6-21-14(22-13)24-17-2-4-18(26,10-17)5-3-17/h6,26H,2-5,7-10H2,1H3,(H2,20,25)(H2,21,22,23,24). The van der Waals surface area contributed by atoms with Gasteiger partial charge in [0, 0.05) is 11.7 Å². The lowest BCUT2D eigenvalue weighted by atomic mass is 9.41. The summed E-state index contributed by atoms with van der Waals surface area (Å²) >= 11 is 0. The normalized spacial score (nSPS) is 49.0. The SMILES string of the molecule is CC12CC3(C1)CC23Nc1nc(NC23CCC(O)(CC2)C3)ncc1C(N)=O. The zero-order valence-corrected chi connectivity index (χ0v) is 15.1. The Kier molecular flexibility index (Phi) is 2.34. The second-order valence-corrected chi connectivity index (χ2v) is 10.0. The van der Waals surface area contributed by atoms with Gasteiger partial charge in [-0.2, -0.15) is 4.98 Å². The van der Waals surface area contributed by atoms with Crippen molar-refractivity contribution in [2.75, 3.05) is 10.6 Å². The second kappa shape index (κ2) is 4.01. The fraction of sp³-hybridized carbons (Fsp3) is 0.737. The molecule has 138 valence electrons. The molecule has 7 nitrogen and oxygen atoms in total. The van der Waals surface area contributed by atoms with Gasteiger partial charge in [0.05, 0.1) is 16.7 Å². The zero-order valence-electron chi connectivity index (χ0n) is 15.1. The molecule has 1 atom stereocenters. The molecule has 7 rings (SSSR count). The first-order valence-electron chi connectivity index (χ1n) is 9.68. The number of hydrogen-bond acceptors (Lipinski definition) is 6. The Morgan fingerprint density at radius 2 is 1.88 bits per heavy atom. The first-order valence-corrected chi connectivity index (χ1v) is 9.68. The van der Waals surface area contributed by atoms with E-state index in [1.54, 1.807) is 0 Å². The maximum Gasteiger partial charge on any atom is 0.254 e. The van der Waals surface area contributed by atoms with Gasteiger partial charge in [0.15, 0.2) is 0 Å². The Hall–Kier alpha value is -1.89. The van der Waals surface area contributed by atoms with Crippen molar-refractivity contribution in [1.82, 2.24) is 9.97 Å². The minimum Gasteiger partial charge on any atom is -0.390 e. The third-order valence-electron chi connectivity index (χ3n) is 8.44. The average Bonchev–Trinajstić information content (AvgIpc) is 2.82. The summed E-state index contributed by atoms with van der Waals surface area (Å²) in [4.78, 5) is 20.9. The molecule has 6 aliphatic rings. The first kappa shape index (κ1) is 15.2. The largest absolute Gasteiger partial charge is 0.390 e. The van der Waals surface area contributed by atoms with Crippen LogP contribution in [0.2, 0.25) is 0 Å². The molecule has 4 bridgehead atoms. The van der Waals surface area contributed by atoms with Gasteiger partial charge in [-0.15, -0.1) is 0 Å². The summed E-state index contributed by atoms with van der Waals surface area (Å²) in [5, 5.41) is 17.5. The van der Waals surface area contributed by atoms with Crippen molar-refractivity contribution in [3.05, 3.63) is 11.8 Å². The molecule has 1 aromatic rings. The number of hydrogen-bond donors (Lipinski definition) is 4. The Bertz CT molecular complexity index is 853. The number of rotatable bonds is 5. The summed E-state index contributed by atoms with van der Waals surface area (Å²) in [6.07, 6.45) is 9.51. The maximum absolute atomic E-state index is 11.9. The number of nitrogens with two attached hydrogens (primary N) is 1. The predicted molar refractivity (Wildman–Crippen MR) is 95.7 cm³/mol. The highest BCUT2D eigenvalue weighted by Gasteiger charge is 2.94. The van der Waals surface area contributed by atoms with Crippen LogP contribution in [0, 0.1) is 10.8 Å². The van der Waals surface area contributed by atoms with Crippen LogP contribution < -0.4 is 16.4 Å². The van der Waals surface area contributed by atoms with Crippen LogP contribution in [0.5, 0.6) is 0 Å². The van der Waals surface area contributed by atoms with E-state index in [2.05, 4.69) is 27.5 Å². The molecule has 1 heterocycles. The molecule has 1 aromatic heterocycles. The van der Waals surface area contributed by atoms with Gasteiger partial charge in [0.1, 0.15) is 5.82 Å². The van der Waals surface area contributed by atoms with Crippen LogP contribution >= 0.6 is 0 Å². The van der Waals surface area contributed by atoms with Crippen molar-refractivity contribution < 1.29 is 9.90 Å². The third kappa shape index (κ3) is 1.57. The summed E-state index contributed by atoms with van der Waals surface area (Å²) < 4.78 is 0. The summed E-state index contributed by atoms with van der Waals surface area (Å²) in [5.41, 5.74) is 6.13. The van der Waals surface area contributed by atoms with E-state index in [1.807, 2.05) is 0 Å². The Morgan fingerprint density at radius 3 is 2.38 bits per heavy atom. The number of aliphatic hydroxyl groups is 1. The molecule has 7 heteroatoms. The molecule has 6 aliphatic carbocycles. The van der Waals surface area contributed by atoms with Crippen molar-refractivity contribution in [3.8, 4) is 0 Å². The molecule has 1 unspecified atom stereocenters. The zero-order chi connectivity index (χ0) is 18.0. The molecular weight excluding hydrogens is 330 g/mol. The van der Waals surface area contributed by atoms with Gasteiger partial charge in [0.2, 0.25) is 5.95 Å². The fourth-order valence-corrected chi connectivity index (χ4v) is 7.11. The van der Waals surface area contributed by atoms with Crippen molar-refractivity contribution in [1.29, 1.82) is 0 Å². The number of carbonyl (C=O) groups excluding carboxylic acids is 1. The minimum absolute atomic E-state index is 0.106. The van der Waals surface area contributed by atoms with Crippen molar-refractivity contribution >= 4 is 17.7 Å². The number of fused-ring (bicyclic) bond motifs is 2. The molecule has 1 spiro atoms. The quantitative estimate of drug-likeness (QED) is 0.640. The van der Waals surface area contributed by atoms with Gasteiger partial charge in [-0.3, -0.25) is 4.79 Å². The highest BCUT2D eigenvalue weighted by Crippen LogP contribution is 2.94. The lowest BCUT2D eigenvalue weighted by Crippen LogP contribution is -2.67. The minimum atomic E-state index is -0.525. The molecule has 6 saturated carbocycles. The van der Waals surface area contributed by atoms with Gasteiger partial charge in [-0.05, 0) is 62.2 Å². The summed E-state index contributed by atoms with van der Waals surface area (Å²) in [5.74, 6) is 0.579. The fourth-order valence-electron chi connectivity index (χ4n) is 7.11. The smallest absolute Gasteiger partial charge is 0.254 e. The molecule has 1 amide bonds. The van der Waals surface area contributed by atoms with Gasteiger partial charge in [0.25, 0.3) is 5.91 Å². The molecule has 0 aliphatic heterocycles. The van der Waals surface area contributed by atoms with Gasteiger partial charge < -0.3 is 21.5 Å². The molecule has 0 aromatic carbocycles. The van der Waals surface area contributed by atoms with Crippen LogP contribution in [0.25, 0.3) is 0 Å². The topological polar surface area (TPSA) is 113 Å². The Balaban J connectivity index is 1.30. The highest BCUT2D eigenvalue weighted by atomic mass is 16.3. The van der Waals surface area contributed by atoms with E-state index in [0.717, 1.165) is 32.1 Å². The van der Waals surface area contributed by atoms with Crippen molar-refractivity contribution in [3.63, 3.8) is 0 Å². The Labute approximate surface area is 152 Å². The number of primary amides is 1. The lowest BCUT2D eigenvalue weighted by Gasteiger charge is -2.66. The number of aromatic nitrogens is 2. The van der Waals surface area contributed by atoms with Crippen LogP contribution in [-0.4, -0.2) is 37.7 Å². The van der Waals surface area contributed by atoms with E-state index in [9.17, 15) is 9.90 Å².